The molecule has 140 valence electrons. The Morgan fingerprint density at radius 1 is 1.00 bits per heavy atom. The summed E-state index contributed by atoms with van der Waals surface area (Å²) in [4.78, 5) is 17.9. The monoisotopic (exact) mass is 369 g/mol. The van der Waals surface area contributed by atoms with Crippen LogP contribution >= 0.6 is 0 Å². The number of benzene rings is 2. The first kappa shape index (κ1) is 18.0. The lowest BCUT2D eigenvalue weighted by molar-refractivity contribution is -0.117. The lowest BCUT2D eigenvalue weighted by atomic mass is 9.95. The van der Waals surface area contributed by atoms with Crippen LogP contribution in [0.2, 0.25) is 0 Å². The molecule has 4 nitrogen and oxygen atoms in total. The fourth-order valence-electron chi connectivity index (χ4n) is 3.49. The van der Waals surface area contributed by atoms with Crippen LogP contribution in [0.25, 0.3) is 16.9 Å². The maximum Gasteiger partial charge on any atom is 0.233 e. The number of aromatic nitrogens is 2. The number of hydrogen-bond acceptors (Lipinski definition) is 2. The van der Waals surface area contributed by atoms with Crippen LogP contribution in [0.15, 0.2) is 79.0 Å². The van der Waals surface area contributed by atoms with Gasteiger partial charge in [0.15, 0.2) is 0 Å². The van der Waals surface area contributed by atoms with Crippen molar-refractivity contribution in [2.24, 2.45) is 0 Å². The third-order valence-corrected chi connectivity index (χ3v) is 5.02. The Morgan fingerprint density at radius 2 is 1.71 bits per heavy atom. The van der Waals surface area contributed by atoms with E-state index >= 15 is 0 Å². The lowest BCUT2D eigenvalue weighted by Crippen LogP contribution is -2.21. The fourth-order valence-corrected chi connectivity index (χ4v) is 3.49. The molecule has 0 aliphatic carbocycles. The zero-order chi connectivity index (χ0) is 19.5. The largest absolute Gasteiger partial charge is 0.309 e. The molecule has 1 N–H and O–H groups in total. The molecule has 4 rings (SSSR count). The van der Waals surface area contributed by atoms with Gasteiger partial charge in [0.25, 0.3) is 0 Å². The van der Waals surface area contributed by atoms with Crippen LogP contribution in [0.4, 0.5) is 5.82 Å². The topological polar surface area (TPSA) is 46.4 Å². The van der Waals surface area contributed by atoms with Crippen molar-refractivity contribution in [3.63, 3.8) is 0 Å². The smallest absolute Gasteiger partial charge is 0.233 e. The first-order chi connectivity index (χ1) is 13.7. The van der Waals surface area contributed by atoms with Gasteiger partial charge in [0.1, 0.15) is 17.2 Å². The Balaban J connectivity index is 1.76. The van der Waals surface area contributed by atoms with E-state index in [2.05, 4.69) is 24.4 Å². The van der Waals surface area contributed by atoms with Crippen molar-refractivity contribution >= 4 is 17.4 Å². The molecule has 0 saturated carbocycles. The van der Waals surface area contributed by atoms with E-state index < -0.39 is 0 Å². The maximum atomic E-state index is 13.2. The number of hydrogen-bond donors (Lipinski definition) is 1. The van der Waals surface area contributed by atoms with Gasteiger partial charge in [-0.05, 0) is 31.0 Å². The third kappa shape index (κ3) is 3.41. The predicted octanol–water partition coefficient (Wildman–Crippen LogP) is 5.44. The van der Waals surface area contributed by atoms with Crippen LogP contribution in [-0.2, 0) is 4.79 Å². The standard InChI is InChI=1S/C24H23N3O/c1-3-20(18-9-5-4-6-10-18)24(28)26-23-22(19-14-12-17(2)13-15-19)25-21-11-7-8-16-27(21)23/h4-16,20H,3H2,1-2H3,(H,26,28)/t20-/m0/s1. The van der Waals surface area contributed by atoms with E-state index in [9.17, 15) is 4.79 Å². The molecule has 0 radical (unpaired) electrons. The number of anilines is 1. The number of amides is 1. The third-order valence-electron chi connectivity index (χ3n) is 5.02. The number of carbonyl (C=O) groups is 1. The molecule has 2 aromatic carbocycles. The van der Waals surface area contributed by atoms with Gasteiger partial charge in [-0.2, -0.15) is 0 Å². The van der Waals surface area contributed by atoms with E-state index in [-0.39, 0.29) is 11.8 Å². The SMILES string of the molecule is CC[C@H](C(=O)Nc1c(-c2ccc(C)cc2)nc2ccccn12)c1ccccc1. The molecule has 0 bridgehead atoms. The summed E-state index contributed by atoms with van der Waals surface area (Å²) in [6.07, 6.45) is 2.66. The highest BCUT2D eigenvalue weighted by atomic mass is 16.2. The van der Waals surface area contributed by atoms with Crippen molar-refractivity contribution in [2.75, 3.05) is 5.32 Å². The first-order valence-electron chi connectivity index (χ1n) is 9.57. The van der Waals surface area contributed by atoms with E-state index in [4.69, 9.17) is 4.98 Å². The molecule has 1 amide bonds. The van der Waals surface area contributed by atoms with Gasteiger partial charge >= 0.3 is 0 Å². The number of nitrogens with zero attached hydrogens (tertiary/aromatic N) is 2. The molecule has 0 fully saturated rings. The van der Waals surface area contributed by atoms with Crippen LogP contribution in [0, 0.1) is 6.92 Å². The van der Waals surface area contributed by atoms with Crippen LogP contribution in [0.5, 0.6) is 0 Å². The number of imidazole rings is 1. The summed E-state index contributed by atoms with van der Waals surface area (Å²) >= 11 is 0. The molecule has 0 aliphatic rings. The molecule has 4 heteroatoms. The first-order valence-corrected chi connectivity index (χ1v) is 9.57. The van der Waals surface area contributed by atoms with Gasteiger partial charge in [0, 0.05) is 11.8 Å². The van der Waals surface area contributed by atoms with Gasteiger partial charge in [-0.1, -0.05) is 73.2 Å². The summed E-state index contributed by atoms with van der Waals surface area (Å²) in [7, 11) is 0. The van der Waals surface area contributed by atoms with Crippen LogP contribution in [0.1, 0.15) is 30.4 Å². The number of nitrogens with one attached hydrogen (secondary N) is 1. The fraction of sp³-hybridized carbons (Fsp3) is 0.167. The minimum atomic E-state index is -0.207. The molecule has 0 unspecified atom stereocenters. The second-order valence-electron chi connectivity index (χ2n) is 6.96. The van der Waals surface area contributed by atoms with Crippen molar-refractivity contribution in [2.45, 2.75) is 26.2 Å². The van der Waals surface area contributed by atoms with Gasteiger partial charge in [0.2, 0.25) is 5.91 Å². The predicted molar refractivity (Wildman–Crippen MR) is 113 cm³/mol. The number of carbonyl (C=O) groups excluding carboxylic acids is 1. The van der Waals surface area contributed by atoms with Crippen LogP contribution < -0.4 is 5.32 Å². The zero-order valence-corrected chi connectivity index (χ0v) is 16.1. The summed E-state index contributed by atoms with van der Waals surface area (Å²) in [6, 6.07) is 24.0. The van der Waals surface area contributed by atoms with Crippen molar-refractivity contribution in [3.8, 4) is 11.3 Å². The highest BCUT2D eigenvalue weighted by Crippen LogP contribution is 2.30. The molecule has 2 aromatic heterocycles. The molecule has 28 heavy (non-hydrogen) atoms. The van der Waals surface area contributed by atoms with Crippen LogP contribution in [0.3, 0.4) is 0 Å². The Labute approximate surface area is 164 Å². The maximum absolute atomic E-state index is 13.2. The number of aryl methyl sites for hydroxylation is 1. The molecule has 0 saturated heterocycles. The Morgan fingerprint density at radius 3 is 2.43 bits per heavy atom. The summed E-state index contributed by atoms with van der Waals surface area (Å²) in [5.41, 5.74) is 4.78. The van der Waals surface area contributed by atoms with Crippen LogP contribution in [-0.4, -0.2) is 15.3 Å². The second kappa shape index (κ2) is 7.69. The summed E-state index contributed by atoms with van der Waals surface area (Å²) in [5.74, 6) is 0.480. The van der Waals surface area contributed by atoms with Gasteiger partial charge in [-0.15, -0.1) is 0 Å². The van der Waals surface area contributed by atoms with E-state index in [0.29, 0.717) is 5.82 Å². The summed E-state index contributed by atoms with van der Waals surface area (Å²) in [5, 5.41) is 3.16. The second-order valence-corrected chi connectivity index (χ2v) is 6.96. The number of rotatable bonds is 5. The quantitative estimate of drug-likeness (QED) is 0.509. The Bertz CT molecular complexity index is 1100. The molecule has 1 atom stereocenters. The highest BCUT2D eigenvalue weighted by molar-refractivity contribution is 5.98. The highest BCUT2D eigenvalue weighted by Gasteiger charge is 2.22. The van der Waals surface area contributed by atoms with Crippen molar-refractivity contribution in [1.29, 1.82) is 0 Å². The van der Waals surface area contributed by atoms with E-state index in [1.54, 1.807) is 0 Å². The zero-order valence-electron chi connectivity index (χ0n) is 16.1. The van der Waals surface area contributed by atoms with E-state index in [0.717, 1.165) is 28.9 Å². The normalized spacial score (nSPS) is 12.1. The Hall–Kier alpha value is -3.40. The molecular formula is C24H23N3O. The lowest BCUT2D eigenvalue weighted by Gasteiger charge is -2.16. The number of fused-ring (bicyclic) bond motifs is 1. The number of pyridine rings is 1. The summed E-state index contributed by atoms with van der Waals surface area (Å²) in [6.45, 7) is 4.09. The van der Waals surface area contributed by atoms with Gasteiger partial charge < -0.3 is 5.32 Å². The molecule has 2 heterocycles. The molecule has 0 spiro atoms. The Kier molecular flexibility index (Phi) is 4.94. The van der Waals surface area contributed by atoms with Crippen molar-refractivity contribution in [1.82, 2.24) is 9.38 Å². The molecule has 0 aliphatic heterocycles. The average Bonchev–Trinajstić information content (AvgIpc) is 3.08. The van der Waals surface area contributed by atoms with E-state index in [1.807, 2.05) is 78.2 Å². The van der Waals surface area contributed by atoms with E-state index in [1.165, 1.54) is 5.56 Å². The van der Waals surface area contributed by atoms with Gasteiger partial charge in [-0.3, -0.25) is 9.20 Å². The summed E-state index contributed by atoms with van der Waals surface area (Å²) < 4.78 is 1.94. The van der Waals surface area contributed by atoms with Crippen molar-refractivity contribution in [3.05, 3.63) is 90.1 Å². The van der Waals surface area contributed by atoms with Gasteiger partial charge in [0.05, 0.1) is 5.92 Å². The molecule has 4 aromatic rings. The minimum absolute atomic E-state index is 0.0206. The average molecular weight is 369 g/mol. The van der Waals surface area contributed by atoms with Gasteiger partial charge in [-0.25, -0.2) is 4.98 Å². The van der Waals surface area contributed by atoms with Crippen molar-refractivity contribution < 1.29 is 4.79 Å². The minimum Gasteiger partial charge on any atom is -0.309 e. The molecular weight excluding hydrogens is 346 g/mol.